The van der Waals surface area contributed by atoms with Gasteiger partial charge in [-0.2, -0.15) is 0 Å². The number of halogens is 2. The van der Waals surface area contributed by atoms with Gasteiger partial charge in [-0.1, -0.05) is 35.3 Å². The van der Waals surface area contributed by atoms with Gasteiger partial charge in [0.2, 0.25) is 5.91 Å². The van der Waals surface area contributed by atoms with Crippen molar-refractivity contribution in [3.8, 4) is 0 Å². The fourth-order valence-electron chi connectivity index (χ4n) is 2.12. The van der Waals surface area contributed by atoms with Crippen LogP contribution in [0.25, 0.3) is 0 Å². The Morgan fingerprint density at radius 1 is 1.00 bits per heavy atom. The Bertz CT molecular complexity index is 723. The number of benzene rings is 2. The normalized spacial score (nSPS) is 10.3. The van der Waals surface area contributed by atoms with E-state index < -0.39 is 0 Å². The molecular weight excluding hydrogens is 347 g/mol. The minimum absolute atomic E-state index is 0.0882. The third-order valence-corrected chi connectivity index (χ3v) is 3.90. The quantitative estimate of drug-likeness (QED) is 0.861. The molecule has 0 unspecified atom stereocenters. The molecule has 0 fully saturated rings. The summed E-state index contributed by atoms with van der Waals surface area (Å²) in [6, 6.07) is 12.1. The van der Waals surface area contributed by atoms with E-state index in [0.717, 1.165) is 5.56 Å². The van der Waals surface area contributed by atoms with Crippen molar-refractivity contribution in [1.82, 2.24) is 4.90 Å². The van der Waals surface area contributed by atoms with Crippen LogP contribution in [0.5, 0.6) is 0 Å². The summed E-state index contributed by atoms with van der Waals surface area (Å²) >= 11 is 11.8. The molecule has 0 aliphatic heterocycles. The highest BCUT2D eigenvalue weighted by molar-refractivity contribution is 6.35. The third-order valence-electron chi connectivity index (χ3n) is 3.46. The van der Waals surface area contributed by atoms with Gasteiger partial charge in [-0.05, 0) is 42.3 Å². The predicted molar refractivity (Wildman–Crippen MR) is 97.9 cm³/mol. The average molecular weight is 365 g/mol. The number of carbonyl (C=O) groups excluding carboxylic acids is 2. The molecule has 0 heterocycles. The van der Waals surface area contributed by atoms with Crippen molar-refractivity contribution >= 4 is 40.7 Å². The van der Waals surface area contributed by atoms with Gasteiger partial charge >= 0.3 is 0 Å². The van der Waals surface area contributed by atoms with Gasteiger partial charge in [0.15, 0.2) is 0 Å². The van der Waals surface area contributed by atoms with E-state index in [1.54, 1.807) is 49.3 Å². The fourth-order valence-corrected chi connectivity index (χ4v) is 2.64. The standard InChI is InChI=1S/C18H18Cl2N2O2/c1-22(2)17(23)8-5-12-3-6-16(7-4-12)21-18(24)13-9-14(19)11-15(20)10-13/h3-4,6-7,9-11H,5,8H2,1-2H3,(H,21,24). The summed E-state index contributed by atoms with van der Waals surface area (Å²) in [4.78, 5) is 25.4. The van der Waals surface area contributed by atoms with Crippen LogP contribution < -0.4 is 5.32 Å². The molecular formula is C18H18Cl2N2O2. The van der Waals surface area contributed by atoms with Crippen molar-refractivity contribution in [2.24, 2.45) is 0 Å². The van der Waals surface area contributed by atoms with Gasteiger partial charge in [0.25, 0.3) is 5.91 Å². The molecule has 126 valence electrons. The Morgan fingerprint density at radius 2 is 1.58 bits per heavy atom. The second kappa shape index (κ2) is 8.18. The summed E-state index contributed by atoms with van der Waals surface area (Å²) in [6.07, 6.45) is 1.12. The first-order valence-corrected chi connectivity index (χ1v) is 8.17. The van der Waals surface area contributed by atoms with Gasteiger partial charge < -0.3 is 10.2 Å². The van der Waals surface area contributed by atoms with Crippen LogP contribution in [0.2, 0.25) is 10.0 Å². The van der Waals surface area contributed by atoms with E-state index in [2.05, 4.69) is 5.32 Å². The summed E-state index contributed by atoms with van der Waals surface area (Å²) in [6.45, 7) is 0. The first kappa shape index (κ1) is 18.3. The van der Waals surface area contributed by atoms with Crippen LogP contribution in [0.15, 0.2) is 42.5 Å². The summed E-state index contributed by atoms with van der Waals surface area (Å²) in [5, 5.41) is 3.61. The minimum atomic E-state index is -0.282. The predicted octanol–water partition coefficient (Wildman–Crippen LogP) is 4.27. The molecule has 0 spiro atoms. The van der Waals surface area contributed by atoms with Gasteiger partial charge in [0.05, 0.1) is 0 Å². The molecule has 0 bridgehead atoms. The first-order chi connectivity index (χ1) is 11.3. The number of carbonyl (C=O) groups is 2. The zero-order valence-electron chi connectivity index (χ0n) is 13.5. The van der Waals surface area contributed by atoms with Crippen LogP contribution in [-0.4, -0.2) is 30.8 Å². The smallest absolute Gasteiger partial charge is 0.255 e. The number of hydrogen-bond donors (Lipinski definition) is 1. The molecule has 24 heavy (non-hydrogen) atoms. The average Bonchev–Trinajstić information content (AvgIpc) is 2.52. The molecule has 4 nitrogen and oxygen atoms in total. The van der Waals surface area contributed by atoms with Crippen molar-refractivity contribution in [1.29, 1.82) is 0 Å². The summed E-state index contributed by atoms with van der Waals surface area (Å²) < 4.78 is 0. The second-order valence-electron chi connectivity index (χ2n) is 5.60. The van der Waals surface area contributed by atoms with Gasteiger partial charge in [-0.25, -0.2) is 0 Å². The van der Waals surface area contributed by atoms with Crippen LogP contribution in [-0.2, 0) is 11.2 Å². The lowest BCUT2D eigenvalue weighted by molar-refractivity contribution is -0.128. The van der Waals surface area contributed by atoms with Crippen LogP contribution in [0.3, 0.4) is 0 Å². The SMILES string of the molecule is CN(C)C(=O)CCc1ccc(NC(=O)c2cc(Cl)cc(Cl)c2)cc1. The summed E-state index contributed by atoms with van der Waals surface area (Å²) in [7, 11) is 3.48. The molecule has 0 saturated carbocycles. The largest absolute Gasteiger partial charge is 0.349 e. The maximum atomic E-state index is 12.2. The van der Waals surface area contributed by atoms with Crippen LogP contribution in [0.4, 0.5) is 5.69 Å². The van der Waals surface area contributed by atoms with Crippen molar-refractivity contribution < 1.29 is 9.59 Å². The lowest BCUT2D eigenvalue weighted by atomic mass is 10.1. The molecule has 2 rings (SSSR count). The Hall–Kier alpha value is -2.04. The molecule has 0 atom stereocenters. The molecule has 0 aliphatic carbocycles. The van der Waals surface area contributed by atoms with Crippen molar-refractivity contribution in [3.63, 3.8) is 0 Å². The Kier molecular flexibility index (Phi) is 6.23. The minimum Gasteiger partial charge on any atom is -0.349 e. The van der Waals surface area contributed by atoms with E-state index in [4.69, 9.17) is 23.2 Å². The van der Waals surface area contributed by atoms with Gasteiger partial charge in [0.1, 0.15) is 0 Å². The van der Waals surface area contributed by atoms with Crippen molar-refractivity contribution in [3.05, 3.63) is 63.6 Å². The van der Waals surface area contributed by atoms with Crippen LogP contribution >= 0.6 is 23.2 Å². The van der Waals surface area contributed by atoms with Gasteiger partial charge in [0, 0.05) is 41.8 Å². The van der Waals surface area contributed by atoms with E-state index in [9.17, 15) is 9.59 Å². The monoisotopic (exact) mass is 364 g/mol. The molecule has 0 aliphatic rings. The van der Waals surface area contributed by atoms with E-state index in [1.807, 2.05) is 12.1 Å². The maximum absolute atomic E-state index is 12.2. The van der Waals surface area contributed by atoms with Crippen molar-refractivity contribution in [2.45, 2.75) is 12.8 Å². The Balaban J connectivity index is 1.98. The van der Waals surface area contributed by atoms with Crippen LogP contribution in [0.1, 0.15) is 22.3 Å². The second-order valence-corrected chi connectivity index (χ2v) is 6.47. The highest BCUT2D eigenvalue weighted by Gasteiger charge is 2.09. The summed E-state index contributed by atoms with van der Waals surface area (Å²) in [5.74, 6) is -0.194. The van der Waals surface area contributed by atoms with E-state index in [1.165, 1.54) is 0 Å². The topological polar surface area (TPSA) is 49.4 Å². The number of aryl methyl sites for hydroxylation is 1. The Morgan fingerprint density at radius 3 is 2.12 bits per heavy atom. The molecule has 2 aromatic carbocycles. The zero-order valence-corrected chi connectivity index (χ0v) is 15.0. The number of nitrogens with zero attached hydrogens (tertiary/aromatic N) is 1. The fraction of sp³-hybridized carbons (Fsp3) is 0.222. The first-order valence-electron chi connectivity index (χ1n) is 7.41. The molecule has 0 radical (unpaired) electrons. The van der Waals surface area contributed by atoms with Crippen LogP contribution in [0, 0.1) is 0 Å². The summed E-state index contributed by atoms with van der Waals surface area (Å²) in [5.41, 5.74) is 2.10. The molecule has 2 amide bonds. The molecule has 2 aromatic rings. The number of nitrogens with one attached hydrogen (secondary N) is 1. The van der Waals surface area contributed by atoms with E-state index in [-0.39, 0.29) is 11.8 Å². The number of anilines is 1. The van der Waals surface area contributed by atoms with Gasteiger partial charge in [-0.3, -0.25) is 9.59 Å². The highest BCUT2D eigenvalue weighted by atomic mass is 35.5. The number of hydrogen-bond acceptors (Lipinski definition) is 2. The third kappa shape index (κ3) is 5.25. The highest BCUT2D eigenvalue weighted by Crippen LogP contribution is 2.20. The van der Waals surface area contributed by atoms with Gasteiger partial charge in [-0.15, -0.1) is 0 Å². The molecule has 0 saturated heterocycles. The lowest BCUT2D eigenvalue weighted by Crippen LogP contribution is -2.21. The molecule has 6 heteroatoms. The lowest BCUT2D eigenvalue weighted by Gasteiger charge is -2.10. The molecule has 0 aromatic heterocycles. The van der Waals surface area contributed by atoms with E-state index >= 15 is 0 Å². The Labute approximate surface area is 151 Å². The number of amides is 2. The van der Waals surface area contributed by atoms with E-state index in [0.29, 0.717) is 34.1 Å². The maximum Gasteiger partial charge on any atom is 0.255 e. The van der Waals surface area contributed by atoms with Crippen molar-refractivity contribution in [2.75, 3.05) is 19.4 Å². The number of rotatable bonds is 5. The molecule has 1 N–H and O–H groups in total. The zero-order chi connectivity index (χ0) is 17.7.